The molecule has 15 heavy (non-hydrogen) atoms. The van der Waals surface area contributed by atoms with Crippen molar-refractivity contribution in [2.75, 3.05) is 0 Å². The van der Waals surface area contributed by atoms with Gasteiger partial charge in [-0.1, -0.05) is 29.8 Å². The maximum atomic E-state index is 6.09. The summed E-state index contributed by atoms with van der Waals surface area (Å²) in [5, 5.41) is 4.78. The summed E-state index contributed by atoms with van der Waals surface area (Å²) < 4.78 is 1.73. The van der Waals surface area contributed by atoms with Gasteiger partial charge in [0.1, 0.15) is 0 Å². The van der Waals surface area contributed by atoms with Gasteiger partial charge < -0.3 is 5.73 Å². The first-order valence-corrected chi connectivity index (χ1v) is 5.05. The molecule has 1 unspecified atom stereocenters. The molecule has 4 heteroatoms. The molecule has 2 aromatic rings. The highest BCUT2D eigenvalue weighted by atomic mass is 35.5. The molecule has 0 spiro atoms. The lowest BCUT2D eigenvalue weighted by molar-refractivity contribution is 0.765. The second-order valence-electron chi connectivity index (χ2n) is 3.45. The number of nitrogens with two attached hydrogens (primary N) is 1. The highest BCUT2D eigenvalue weighted by Crippen LogP contribution is 2.25. The van der Waals surface area contributed by atoms with Crippen molar-refractivity contribution in [1.29, 1.82) is 0 Å². The summed E-state index contributed by atoms with van der Waals surface area (Å²) in [4.78, 5) is 0. The molecule has 0 aliphatic rings. The molecule has 1 aromatic carbocycles. The summed E-state index contributed by atoms with van der Waals surface area (Å²) in [6, 6.07) is 7.37. The van der Waals surface area contributed by atoms with Crippen LogP contribution >= 0.6 is 11.6 Å². The summed E-state index contributed by atoms with van der Waals surface area (Å²) in [6.45, 7) is 0. The molecular formula is C11H12ClN3. The highest BCUT2D eigenvalue weighted by Gasteiger charge is 2.12. The first-order chi connectivity index (χ1) is 7.18. The molecule has 0 saturated heterocycles. The second kappa shape index (κ2) is 4.04. The van der Waals surface area contributed by atoms with E-state index in [0.29, 0.717) is 5.02 Å². The van der Waals surface area contributed by atoms with Crippen molar-refractivity contribution >= 4 is 11.6 Å². The van der Waals surface area contributed by atoms with Crippen LogP contribution in [0.4, 0.5) is 0 Å². The standard InChI is InChI=1S/C11H12ClN3/c1-15-7-8(6-14-15)11(13)9-4-2-3-5-10(9)12/h2-7,11H,13H2,1H3. The van der Waals surface area contributed by atoms with Gasteiger partial charge >= 0.3 is 0 Å². The van der Waals surface area contributed by atoms with Crippen molar-refractivity contribution in [3.63, 3.8) is 0 Å². The Balaban J connectivity index is 2.36. The van der Waals surface area contributed by atoms with E-state index < -0.39 is 0 Å². The average molecular weight is 222 g/mol. The maximum absolute atomic E-state index is 6.09. The van der Waals surface area contributed by atoms with E-state index in [9.17, 15) is 0 Å². The van der Waals surface area contributed by atoms with E-state index in [1.54, 1.807) is 10.9 Å². The maximum Gasteiger partial charge on any atom is 0.0597 e. The van der Waals surface area contributed by atoms with Crippen LogP contribution in [0.15, 0.2) is 36.7 Å². The van der Waals surface area contributed by atoms with Gasteiger partial charge in [-0.3, -0.25) is 4.68 Å². The Labute approximate surface area is 93.5 Å². The summed E-state index contributed by atoms with van der Waals surface area (Å²) in [6.07, 6.45) is 3.65. The van der Waals surface area contributed by atoms with Gasteiger partial charge in [0.25, 0.3) is 0 Å². The van der Waals surface area contributed by atoms with Crippen LogP contribution in [0, 0.1) is 0 Å². The number of hydrogen-bond donors (Lipinski definition) is 1. The molecule has 0 bridgehead atoms. The van der Waals surface area contributed by atoms with Crippen LogP contribution < -0.4 is 5.73 Å². The Morgan fingerprint density at radius 1 is 1.40 bits per heavy atom. The lowest BCUT2D eigenvalue weighted by atomic mass is 10.0. The quantitative estimate of drug-likeness (QED) is 0.844. The SMILES string of the molecule is Cn1cc(C(N)c2ccccc2Cl)cn1. The first-order valence-electron chi connectivity index (χ1n) is 4.67. The van der Waals surface area contributed by atoms with Gasteiger partial charge in [0.15, 0.2) is 0 Å². The first kappa shape index (κ1) is 10.2. The van der Waals surface area contributed by atoms with Crippen LogP contribution in [0.3, 0.4) is 0 Å². The van der Waals surface area contributed by atoms with Crippen LogP contribution in [0.25, 0.3) is 0 Å². The zero-order chi connectivity index (χ0) is 10.8. The van der Waals surface area contributed by atoms with Crippen molar-refractivity contribution in [3.05, 3.63) is 52.8 Å². The van der Waals surface area contributed by atoms with E-state index >= 15 is 0 Å². The smallest absolute Gasteiger partial charge is 0.0597 e. The molecule has 78 valence electrons. The van der Waals surface area contributed by atoms with Gasteiger partial charge in [-0.05, 0) is 11.6 Å². The number of nitrogens with zero attached hydrogens (tertiary/aromatic N) is 2. The molecular weight excluding hydrogens is 210 g/mol. The molecule has 1 aromatic heterocycles. The number of aryl methyl sites for hydroxylation is 1. The molecule has 3 nitrogen and oxygen atoms in total. The monoisotopic (exact) mass is 221 g/mol. The van der Waals surface area contributed by atoms with Crippen molar-refractivity contribution < 1.29 is 0 Å². The van der Waals surface area contributed by atoms with Gasteiger partial charge in [-0.15, -0.1) is 0 Å². The largest absolute Gasteiger partial charge is 0.320 e. The number of benzene rings is 1. The van der Waals surface area contributed by atoms with Crippen molar-refractivity contribution in [2.24, 2.45) is 12.8 Å². The van der Waals surface area contributed by atoms with E-state index in [2.05, 4.69) is 5.10 Å². The molecule has 1 atom stereocenters. The van der Waals surface area contributed by atoms with Gasteiger partial charge in [0.05, 0.1) is 12.2 Å². The molecule has 2 N–H and O–H groups in total. The molecule has 0 fully saturated rings. The van der Waals surface area contributed by atoms with Gasteiger partial charge in [0, 0.05) is 23.8 Å². The van der Waals surface area contributed by atoms with E-state index in [1.807, 2.05) is 37.5 Å². The second-order valence-corrected chi connectivity index (χ2v) is 3.85. The van der Waals surface area contributed by atoms with Gasteiger partial charge in [-0.25, -0.2) is 0 Å². The van der Waals surface area contributed by atoms with Gasteiger partial charge in [-0.2, -0.15) is 5.10 Å². The van der Waals surface area contributed by atoms with Crippen LogP contribution in [0.1, 0.15) is 17.2 Å². The number of hydrogen-bond acceptors (Lipinski definition) is 2. The number of halogens is 1. The highest BCUT2D eigenvalue weighted by molar-refractivity contribution is 6.31. The Kier molecular flexibility index (Phi) is 2.75. The van der Waals surface area contributed by atoms with Crippen molar-refractivity contribution in [2.45, 2.75) is 6.04 Å². The van der Waals surface area contributed by atoms with E-state index in [-0.39, 0.29) is 6.04 Å². The lowest BCUT2D eigenvalue weighted by Crippen LogP contribution is -2.11. The van der Waals surface area contributed by atoms with Crippen LogP contribution in [0.5, 0.6) is 0 Å². The Hall–Kier alpha value is -1.32. The Morgan fingerprint density at radius 2 is 2.13 bits per heavy atom. The zero-order valence-electron chi connectivity index (χ0n) is 8.39. The summed E-state index contributed by atoms with van der Waals surface area (Å²) in [5.41, 5.74) is 7.98. The summed E-state index contributed by atoms with van der Waals surface area (Å²) >= 11 is 6.07. The predicted molar refractivity (Wildman–Crippen MR) is 60.7 cm³/mol. The van der Waals surface area contributed by atoms with Crippen LogP contribution in [-0.4, -0.2) is 9.78 Å². The average Bonchev–Trinajstić information content (AvgIpc) is 2.65. The van der Waals surface area contributed by atoms with E-state index in [0.717, 1.165) is 11.1 Å². The minimum atomic E-state index is -0.215. The topological polar surface area (TPSA) is 43.8 Å². The fraction of sp³-hybridized carbons (Fsp3) is 0.182. The molecule has 0 aliphatic heterocycles. The van der Waals surface area contributed by atoms with E-state index in [1.165, 1.54) is 0 Å². The fourth-order valence-electron chi connectivity index (χ4n) is 1.51. The third kappa shape index (κ3) is 2.03. The minimum Gasteiger partial charge on any atom is -0.320 e. The Bertz CT molecular complexity index is 464. The summed E-state index contributed by atoms with van der Waals surface area (Å²) in [7, 11) is 1.86. The molecule has 0 aliphatic carbocycles. The molecule has 2 rings (SSSR count). The molecule has 0 radical (unpaired) electrons. The molecule has 0 amide bonds. The zero-order valence-corrected chi connectivity index (χ0v) is 9.15. The molecule has 1 heterocycles. The minimum absolute atomic E-state index is 0.215. The molecule has 0 saturated carbocycles. The number of rotatable bonds is 2. The third-order valence-electron chi connectivity index (χ3n) is 2.32. The van der Waals surface area contributed by atoms with E-state index in [4.69, 9.17) is 17.3 Å². The van der Waals surface area contributed by atoms with Gasteiger partial charge in [0.2, 0.25) is 0 Å². The lowest BCUT2D eigenvalue weighted by Gasteiger charge is -2.11. The third-order valence-corrected chi connectivity index (χ3v) is 2.67. The van der Waals surface area contributed by atoms with Crippen LogP contribution in [0.2, 0.25) is 5.02 Å². The summed E-state index contributed by atoms with van der Waals surface area (Å²) in [5.74, 6) is 0. The Morgan fingerprint density at radius 3 is 2.73 bits per heavy atom. The fourth-order valence-corrected chi connectivity index (χ4v) is 1.76. The normalized spacial score (nSPS) is 12.7. The van der Waals surface area contributed by atoms with Crippen molar-refractivity contribution in [1.82, 2.24) is 9.78 Å². The predicted octanol–water partition coefficient (Wildman–Crippen LogP) is 2.12. The number of aromatic nitrogens is 2. The van der Waals surface area contributed by atoms with Crippen molar-refractivity contribution in [3.8, 4) is 0 Å². The van der Waals surface area contributed by atoms with Crippen LogP contribution in [-0.2, 0) is 7.05 Å².